The van der Waals surface area contributed by atoms with Crippen LogP contribution in [0.1, 0.15) is 47.0 Å². The van der Waals surface area contributed by atoms with Crippen molar-refractivity contribution in [2.45, 2.75) is 47.0 Å². The third-order valence-corrected chi connectivity index (χ3v) is 1.67. The van der Waals surface area contributed by atoms with Crippen molar-refractivity contribution in [2.75, 3.05) is 0 Å². The molecule has 0 fully saturated rings. The second-order valence-corrected chi connectivity index (χ2v) is 4.00. The molecule has 0 heterocycles. The highest BCUT2D eigenvalue weighted by Crippen LogP contribution is 2.07. The molecular weight excluding hydrogens is 132 g/mol. The number of rotatable bonds is 5. The van der Waals surface area contributed by atoms with E-state index in [-0.39, 0.29) is 0 Å². The fourth-order valence-corrected chi connectivity index (χ4v) is 1.01. The van der Waals surface area contributed by atoms with E-state index in [0.29, 0.717) is 5.92 Å². The van der Waals surface area contributed by atoms with Gasteiger partial charge in [0, 0.05) is 0 Å². The Balaban J connectivity index is 3.14. The highest BCUT2D eigenvalue weighted by molar-refractivity contribution is 4.84. The Kier molecular flexibility index (Phi) is 6.30. The van der Waals surface area contributed by atoms with Crippen molar-refractivity contribution in [1.29, 1.82) is 0 Å². The Bertz CT molecular complexity index is 98.6. The van der Waals surface area contributed by atoms with Crippen LogP contribution in [-0.2, 0) is 0 Å². The number of hydrogen-bond acceptors (Lipinski definition) is 0. The summed E-state index contributed by atoms with van der Waals surface area (Å²) in [4.78, 5) is 0. The van der Waals surface area contributed by atoms with Crippen LogP contribution in [0, 0.1) is 11.8 Å². The zero-order valence-electron chi connectivity index (χ0n) is 8.43. The Morgan fingerprint density at radius 2 is 1.73 bits per heavy atom. The fraction of sp³-hybridized carbons (Fsp3) is 0.818. The summed E-state index contributed by atoms with van der Waals surface area (Å²) in [6, 6.07) is 0. The summed E-state index contributed by atoms with van der Waals surface area (Å²) in [5.41, 5.74) is 0. The van der Waals surface area contributed by atoms with E-state index in [1.165, 1.54) is 19.3 Å². The van der Waals surface area contributed by atoms with Gasteiger partial charge in [-0.3, -0.25) is 0 Å². The molecule has 0 rings (SSSR count). The quantitative estimate of drug-likeness (QED) is 0.414. The summed E-state index contributed by atoms with van der Waals surface area (Å²) in [6.07, 6.45) is 8.58. The first-order valence-corrected chi connectivity index (χ1v) is 4.79. The largest absolute Gasteiger partial charge is 0.0883 e. The van der Waals surface area contributed by atoms with Crippen LogP contribution in [0.3, 0.4) is 0 Å². The molecule has 0 aliphatic carbocycles. The predicted molar refractivity (Wildman–Crippen MR) is 52.7 cm³/mol. The molecule has 0 aromatic carbocycles. The van der Waals surface area contributed by atoms with E-state index in [1.54, 1.807) is 0 Å². The zero-order valence-corrected chi connectivity index (χ0v) is 8.43. The van der Waals surface area contributed by atoms with Crippen molar-refractivity contribution in [1.82, 2.24) is 0 Å². The lowest BCUT2D eigenvalue weighted by molar-refractivity contribution is 0.559. The van der Waals surface area contributed by atoms with Crippen molar-refractivity contribution >= 4 is 0 Å². The van der Waals surface area contributed by atoms with Crippen molar-refractivity contribution < 1.29 is 0 Å². The third-order valence-electron chi connectivity index (χ3n) is 1.67. The predicted octanol–water partition coefficient (Wildman–Crippen LogP) is 4.02. The van der Waals surface area contributed by atoms with Crippen LogP contribution in [0.25, 0.3) is 0 Å². The highest BCUT2D eigenvalue weighted by Gasteiger charge is 1.91. The van der Waals surface area contributed by atoms with E-state index in [1.807, 2.05) is 0 Å². The Morgan fingerprint density at radius 3 is 2.18 bits per heavy atom. The van der Waals surface area contributed by atoms with Gasteiger partial charge in [-0.25, -0.2) is 0 Å². The van der Waals surface area contributed by atoms with Gasteiger partial charge in [-0.15, -0.1) is 0 Å². The molecule has 0 aromatic heterocycles. The highest BCUT2D eigenvalue weighted by atomic mass is 14.0. The molecule has 66 valence electrons. The molecule has 0 nitrogen and oxygen atoms in total. The first-order valence-electron chi connectivity index (χ1n) is 4.79. The molecule has 0 saturated carbocycles. The lowest BCUT2D eigenvalue weighted by Crippen LogP contribution is -1.85. The Hall–Kier alpha value is -0.260. The van der Waals surface area contributed by atoms with Crippen molar-refractivity contribution in [3.63, 3.8) is 0 Å². The molecule has 0 atom stereocenters. The minimum Gasteiger partial charge on any atom is -0.0883 e. The lowest BCUT2D eigenvalue weighted by atomic mass is 10.1. The van der Waals surface area contributed by atoms with Crippen molar-refractivity contribution in [3.8, 4) is 0 Å². The summed E-state index contributed by atoms with van der Waals surface area (Å²) in [5.74, 6) is 1.58. The molecule has 0 amide bonds. The van der Waals surface area contributed by atoms with Gasteiger partial charge in [0.15, 0.2) is 0 Å². The van der Waals surface area contributed by atoms with Gasteiger partial charge in [0.1, 0.15) is 0 Å². The maximum absolute atomic E-state index is 2.31. The van der Waals surface area contributed by atoms with Gasteiger partial charge in [-0.05, 0) is 24.7 Å². The minimum atomic E-state index is 0.717. The van der Waals surface area contributed by atoms with E-state index in [4.69, 9.17) is 0 Å². The normalized spacial score (nSPS) is 12.2. The number of unbranched alkanes of at least 4 members (excludes halogenated alkanes) is 1. The van der Waals surface area contributed by atoms with E-state index in [2.05, 4.69) is 39.8 Å². The lowest BCUT2D eigenvalue weighted by Gasteiger charge is -2.00. The standard InChI is InChI=1S/C11H22/c1-10(2)8-6-5-7-9-11(3)4/h6,8,10-11H,5,7,9H2,1-4H3/b8-6+. The molecule has 0 aromatic rings. The van der Waals surface area contributed by atoms with Gasteiger partial charge in [0.05, 0.1) is 0 Å². The first-order chi connectivity index (χ1) is 5.13. The Morgan fingerprint density at radius 1 is 1.09 bits per heavy atom. The summed E-state index contributed by atoms with van der Waals surface area (Å²) >= 11 is 0. The smallest absolute Gasteiger partial charge is 0.0290 e. The minimum absolute atomic E-state index is 0.717. The average molecular weight is 154 g/mol. The van der Waals surface area contributed by atoms with Gasteiger partial charge in [-0.1, -0.05) is 46.3 Å². The molecule has 0 aliphatic rings. The summed E-state index contributed by atoms with van der Waals surface area (Å²) in [6.45, 7) is 9.01. The summed E-state index contributed by atoms with van der Waals surface area (Å²) in [5, 5.41) is 0. The first kappa shape index (κ1) is 10.7. The molecule has 0 radical (unpaired) electrons. The topological polar surface area (TPSA) is 0 Å². The number of allylic oxidation sites excluding steroid dienone is 2. The molecule has 0 spiro atoms. The van der Waals surface area contributed by atoms with Crippen molar-refractivity contribution in [2.24, 2.45) is 11.8 Å². The summed E-state index contributed by atoms with van der Waals surface area (Å²) < 4.78 is 0. The SMILES string of the molecule is CC(C)/C=C/CCCC(C)C. The molecule has 11 heavy (non-hydrogen) atoms. The maximum atomic E-state index is 2.31. The van der Waals surface area contributed by atoms with Gasteiger partial charge in [-0.2, -0.15) is 0 Å². The number of hydrogen-bond donors (Lipinski definition) is 0. The van der Waals surface area contributed by atoms with Crippen LogP contribution >= 0.6 is 0 Å². The van der Waals surface area contributed by atoms with Crippen LogP contribution in [-0.4, -0.2) is 0 Å². The monoisotopic (exact) mass is 154 g/mol. The average Bonchev–Trinajstić information content (AvgIpc) is 1.85. The van der Waals surface area contributed by atoms with Gasteiger partial charge in [0.2, 0.25) is 0 Å². The molecule has 0 N–H and O–H groups in total. The van der Waals surface area contributed by atoms with Gasteiger partial charge >= 0.3 is 0 Å². The molecule has 0 heteroatoms. The second kappa shape index (κ2) is 6.45. The van der Waals surface area contributed by atoms with E-state index in [9.17, 15) is 0 Å². The van der Waals surface area contributed by atoms with Crippen LogP contribution in [0.4, 0.5) is 0 Å². The van der Waals surface area contributed by atoms with Crippen molar-refractivity contribution in [3.05, 3.63) is 12.2 Å². The molecule has 0 unspecified atom stereocenters. The zero-order chi connectivity index (χ0) is 8.69. The van der Waals surface area contributed by atoms with Gasteiger partial charge < -0.3 is 0 Å². The maximum Gasteiger partial charge on any atom is -0.0290 e. The third kappa shape index (κ3) is 9.74. The van der Waals surface area contributed by atoms with E-state index < -0.39 is 0 Å². The fourth-order valence-electron chi connectivity index (χ4n) is 1.01. The molecule has 0 saturated heterocycles. The van der Waals surface area contributed by atoms with Gasteiger partial charge in [0.25, 0.3) is 0 Å². The van der Waals surface area contributed by atoms with Crippen LogP contribution in [0.5, 0.6) is 0 Å². The molecular formula is C11H22. The van der Waals surface area contributed by atoms with Crippen LogP contribution in [0.2, 0.25) is 0 Å². The Labute approximate surface area is 71.7 Å². The summed E-state index contributed by atoms with van der Waals surface area (Å²) in [7, 11) is 0. The molecule has 0 aliphatic heterocycles. The van der Waals surface area contributed by atoms with E-state index in [0.717, 1.165) is 5.92 Å². The second-order valence-electron chi connectivity index (χ2n) is 4.00. The van der Waals surface area contributed by atoms with Crippen LogP contribution < -0.4 is 0 Å². The van der Waals surface area contributed by atoms with Crippen LogP contribution in [0.15, 0.2) is 12.2 Å². The molecule has 0 bridgehead atoms. The van der Waals surface area contributed by atoms with E-state index >= 15 is 0 Å².